The Morgan fingerprint density at radius 3 is 2.56 bits per heavy atom. The van der Waals surface area contributed by atoms with E-state index in [0.717, 1.165) is 0 Å². The minimum atomic E-state index is -4.65. The number of nitrogens with two attached hydrogens (primary N) is 2. The molecular weight excluding hydrogens is 379 g/mol. The molecule has 0 radical (unpaired) electrons. The summed E-state index contributed by atoms with van der Waals surface area (Å²) in [6.45, 7) is -0.860. The molecule has 0 saturated heterocycles. The minimum absolute atomic E-state index is 0.0248. The predicted molar refractivity (Wildman–Crippen MR) is 95.6 cm³/mol. The molecule has 2 rings (SSSR count). The van der Waals surface area contributed by atoms with Gasteiger partial charge in [0, 0.05) is 0 Å². The molecule has 1 amide bonds. The third kappa shape index (κ3) is 6.73. The summed E-state index contributed by atoms with van der Waals surface area (Å²) >= 11 is 0. The molecule has 0 saturated carbocycles. The van der Waals surface area contributed by atoms with Crippen molar-refractivity contribution in [2.24, 2.45) is 16.0 Å². The van der Waals surface area contributed by atoms with E-state index in [-0.39, 0.29) is 35.3 Å². The van der Waals surface area contributed by atoms with E-state index in [1.807, 2.05) is 0 Å². The normalized spacial score (nSPS) is 11.5. The predicted octanol–water partition coefficient (Wildman–Crippen LogP) is 1.42. The number of amides is 1. The highest BCUT2D eigenvalue weighted by molar-refractivity contribution is 7.46. The molecular formula is C14H17N6O6P. The molecule has 144 valence electrons. The first-order chi connectivity index (χ1) is 12.8. The van der Waals surface area contributed by atoms with Crippen molar-refractivity contribution >= 4 is 36.7 Å². The van der Waals surface area contributed by atoms with E-state index >= 15 is 0 Å². The van der Waals surface area contributed by atoms with Gasteiger partial charge >= 0.3 is 7.82 Å². The number of carbonyl (C=O) groups excluding carboxylic acids is 1. The SMILES string of the molecule is NCC(=O)Nc1ccc(/N=N/c2ccccc2OCOP(=O)(O)O)c(N)n1. The van der Waals surface area contributed by atoms with Gasteiger partial charge in [0.2, 0.25) is 5.91 Å². The van der Waals surface area contributed by atoms with Crippen LogP contribution in [-0.4, -0.2) is 34.0 Å². The number of nitrogens with one attached hydrogen (secondary N) is 1. The first kappa shape index (κ1) is 20.4. The number of benzene rings is 1. The van der Waals surface area contributed by atoms with Gasteiger partial charge in [-0.05, 0) is 24.3 Å². The summed E-state index contributed by atoms with van der Waals surface area (Å²) in [7, 11) is -4.65. The van der Waals surface area contributed by atoms with Crippen LogP contribution in [0.1, 0.15) is 0 Å². The van der Waals surface area contributed by atoms with Crippen LogP contribution in [-0.2, 0) is 13.9 Å². The molecule has 0 atom stereocenters. The average Bonchev–Trinajstić information content (AvgIpc) is 2.61. The number of azo groups is 1. The van der Waals surface area contributed by atoms with Crippen LogP contribution in [0.25, 0.3) is 0 Å². The fourth-order valence-electron chi connectivity index (χ4n) is 1.74. The summed E-state index contributed by atoms with van der Waals surface area (Å²) in [6, 6.07) is 9.36. The Morgan fingerprint density at radius 1 is 1.19 bits per heavy atom. The number of rotatable bonds is 8. The number of nitrogen functional groups attached to an aromatic ring is 1. The van der Waals surface area contributed by atoms with Crippen molar-refractivity contribution in [3.8, 4) is 5.75 Å². The number of hydrogen-bond donors (Lipinski definition) is 5. The van der Waals surface area contributed by atoms with E-state index in [1.54, 1.807) is 18.2 Å². The molecule has 0 spiro atoms. The van der Waals surface area contributed by atoms with Gasteiger partial charge in [0.15, 0.2) is 12.6 Å². The second-order valence-electron chi connectivity index (χ2n) is 4.90. The van der Waals surface area contributed by atoms with Crippen LogP contribution < -0.4 is 21.5 Å². The molecule has 0 aliphatic rings. The molecule has 1 aromatic carbocycles. The van der Waals surface area contributed by atoms with Gasteiger partial charge in [0.1, 0.15) is 22.9 Å². The van der Waals surface area contributed by atoms with Crippen LogP contribution in [0.4, 0.5) is 23.0 Å². The highest BCUT2D eigenvalue weighted by Gasteiger charge is 2.14. The quantitative estimate of drug-likeness (QED) is 0.249. The number of aromatic nitrogens is 1. The standard InChI is InChI=1S/C14H17N6O6P/c15-7-13(21)17-12-6-5-10(14(16)18-12)20-19-9-3-1-2-4-11(9)25-8-26-27(22,23)24/h1-6H,7-8,15H2,(H2,22,23,24)(H3,16,17,18,21)/b20-19+. The number of pyridine rings is 1. The number of hydrogen-bond acceptors (Lipinski definition) is 9. The number of phosphoric ester groups is 1. The molecule has 0 aliphatic heterocycles. The fraction of sp³-hybridized carbons (Fsp3) is 0.143. The van der Waals surface area contributed by atoms with Crippen molar-refractivity contribution in [1.82, 2.24) is 4.98 Å². The Hall–Kier alpha value is -2.89. The fourth-order valence-corrected chi connectivity index (χ4v) is 1.93. The first-order valence-corrected chi connectivity index (χ1v) is 8.91. The second-order valence-corrected chi connectivity index (χ2v) is 6.14. The first-order valence-electron chi connectivity index (χ1n) is 7.38. The zero-order chi connectivity index (χ0) is 19.9. The van der Waals surface area contributed by atoms with Gasteiger partial charge in [0.05, 0.1) is 6.54 Å². The number of ether oxygens (including phenoxy) is 1. The van der Waals surface area contributed by atoms with E-state index in [0.29, 0.717) is 0 Å². The number of phosphoric acid groups is 1. The lowest BCUT2D eigenvalue weighted by Crippen LogP contribution is -2.22. The molecule has 2 aromatic rings. The van der Waals surface area contributed by atoms with Gasteiger partial charge in [-0.2, -0.15) is 0 Å². The summed E-state index contributed by atoms with van der Waals surface area (Å²) in [4.78, 5) is 32.5. The molecule has 7 N–H and O–H groups in total. The number of carbonyl (C=O) groups is 1. The van der Waals surface area contributed by atoms with Crippen LogP contribution >= 0.6 is 7.82 Å². The second kappa shape index (κ2) is 9.16. The van der Waals surface area contributed by atoms with E-state index < -0.39 is 20.5 Å². The third-order valence-corrected chi connectivity index (χ3v) is 3.36. The summed E-state index contributed by atoms with van der Waals surface area (Å²) in [5, 5.41) is 10.4. The van der Waals surface area contributed by atoms with Crippen molar-refractivity contribution in [3.05, 3.63) is 36.4 Å². The third-order valence-electron chi connectivity index (χ3n) is 2.92. The Balaban J connectivity index is 2.11. The molecule has 12 nitrogen and oxygen atoms in total. The largest absolute Gasteiger partial charge is 0.472 e. The van der Waals surface area contributed by atoms with Gasteiger partial charge in [-0.15, -0.1) is 10.2 Å². The topological polar surface area (TPSA) is 195 Å². The number of nitrogens with zero attached hydrogens (tertiary/aromatic N) is 3. The number of anilines is 2. The Labute approximate surface area is 153 Å². The Morgan fingerprint density at radius 2 is 1.89 bits per heavy atom. The zero-order valence-corrected chi connectivity index (χ0v) is 14.7. The molecule has 0 fully saturated rings. The van der Waals surface area contributed by atoms with E-state index in [4.69, 9.17) is 26.0 Å². The highest BCUT2D eigenvalue weighted by Crippen LogP contribution is 2.36. The van der Waals surface area contributed by atoms with Gasteiger partial charge in [-0.1, -0.05) is 12.1 Å². The van der Waals surface area contributed by atoms with Crippen LogP contribution in [0.3, 0.4) is 0 Å². The van der Waals surface area contributed by atoms with Crippen molar-refractivity contribution in [3.63, 3.8) is 0 Å². The lowest BCUT2D eigenvalue weighted by Gasteiger charge is -2.09. The molecule has 1 heterocycles. The summed E-state index contributed by atoms with van der Waals surface area (Å²) < 4.78 is 20.0. The van der Waals surface area contributed by atoms with Crippen LogP contribution in [0, 0.1) is 0 Å². The zero-order valence-electron chi connectivity index (χ0n) is 13.8. The van der Waals surface area contributed by atoms with Crippen molar-refractivity contribution in [1.29, 1.82) is 0 Å². The van der Waals surface area contributed by atoms with E-state index in [9.17, 15) is 9.36 Å². The van der Waals surface area contributed by atoms with Gasteiger partial charge in [-0.25, -0.2) is 14.1 Å². The molecule has 0 unspecified atom stereocenters. The van der Waals surface area contributed by atoms with Gasteiger partial charge < -0.3 is 31.3 Å². The van der Waals surface area contributed by atoms with Crippen LogP contribution in [0.5, 0.6) is 5.75 Å². The van der Waals surface area contributed by atoms with E-state index in [2.05, 4.69) is 25.1 Å². The Kier molecular flexibility index (Phi) is 6.93. The minimum Gasteiger partial charge on any atom is -0.465 e. The average molecular weight is 396 g/mol. The van der Waals surface area contributed by atoms with Crippen LogP contribution in [0.15, 0.2) is 46.6 Å². The monoisotopic (exact) mass is 396 g/mol. The van der Waals surface area contributed by atoms with Gasteiger partial charge in [-0.3, -0.25) is 4.79 Å². The lowest BCUT2D eigenvalue weighted by atomic mass is 10.3. The maximum absolute atomic E-state index is 11.2. The maximum atomic E-state index is 11.2. The summed E-state index contributed by atoms with van der Waals surface area (Å²) in [5.41, 5.74) is 11.5. The molecule has 1 aromatic heterocycles. The van der Waals surface area contributed by atoms with Crippen molar-refractivity contribution < 1.29 is 28.4 Å². The molecule has 13 heteroatoms. The van der Waals surface area contributed by atoms with E-state index in [1.165, 1.54) is 18.2 Å². The number of para-hydroxylation sites is 1. The Bertz CT molecular complexity index is 886. The highest BCUT2D eigenvalue weighted by atomic mass is 31.2. The van der Waals surface area contributed by atoms with Crippen LogP contribution in [0.2, 0.25) is 0 Å². The smallest absolute Gasteiger partial charge is 0.465 e. The lowest BCUT2D eigenvalue weighted by molar-refractivity contribution is -0.114. The molecule has 0 aliphatic carbocycles. The molecule has 27 heavy (non-hydrogen) atoms. The summed E-state index contributed by atoms with van der Waals surface area (Å²) in [6.07, 6.45) is 0. The van der Waals surface area contributed by atoms with Crippen molar-refractivity contribution in [2.45, 2.75) is 0 Å². The molecule has 0 bridgehead atoms. The summed E-state index contributed by atoms with van der Waals surface area (Å²) in [5.74, 6) is 0.0185. The van der Waals surface area contributed by atoms with Gasteiger partial charge in [0.25, 0.3) is 0 Å². The maximum Gasteiger partial charge on any atom is 0.472 e. The van der Waals surface area contributed by atoms with Crippen molar-refractivity contribution in [2.75, 3.05) is 24.4 Å².